The molecule has 0 amide bonds. The van der Waals surface area contributed by atoms with Crippen LogP contribution in [0.1, 0.15) is 25.0 Å². The number of aryl methyl sites for hydroxylation is 1. The lowest BCUT2D eigenvalue weighted by Crippen LogP contribution is -2.35. The summed E-state index contributed by atoms with van der Waals surface area (Å²) in [5.41, 5.74) is 0.939. The summed E-state index contributed by atoms with van der Waals surface area (Å²) in [7, 11) is 1.69. The first-order valence-corrected chi connectivity index (χ1v) is 7.24. The van der Waals surface area contributed by atoms with E-state index < -0.39 is 0 Å². The van der Waals surface area contributed by atoms with Crippen LogP contribution in [0.5, 0.6) is 0 Å². The fourth-order valence-electron chi connectivity index (χ4n) is 2.33. The molecule has 1 fully saturated rings. The number of hydrogen-bond acceptors (Lipinski definition) is 4. The molecule has 5 nitrogen and oxygen atoms in total. The fourth-order valence-corrected chi connectivity index (χ4v) is 2.54. The van der Waals surface area contributed by atoms with E-state index in [2.05, 4.69) is 19.7 Å². The van der Waals surface area contributed by atoms with Crippen LogP contribution in [0.15, 0.2) is 6.20 Å². The van der Waals surface area contributed by atoms with E-state index in [-0.39, 0.29) is 6.04 Å². The third-order valence-corrected chi connectivity index (χ3v) is 3.76. The summed E-state index contributed by atoms with van der Waals surface area (Å²) in [6.45, 7) is 9.44. The molecule has 1 aromatic heterocycles. The van der Waals surface area contributed by atoms with Gasteiger partial charge in [-0.1, -0.05) is 11.6 Å². The highest BCUT2D eigenvalue weighted by Crippen LogP contribution is 2.25. The van der Waals surface area contributed by atoms with Crippen LogP contribution in [0, 0.1) is 6.57 Å². The molecule has 1 aliphatic rings. The summed E-state index contributed by atoms with van der Waals surface area (Å²) >= 11 is 6.16. The standard InChI is InChI=1S/C14H19ClN4O/c1-16-11-5-7-19(8-6-11)14-13(15)17-10-12(18-14)4-3-9-20-2/h10-11H,3-9H2,2H3. The van der Waals surface area contributed by atoms with E-state index >= 15 is 0 Å². The molecule has 6 heteroatoms. The summed E-state index contributed by atoms with van der Waals surface area (Å²) in [5.74, 6) is 0.755. The summed E-state index contributed by atoms with van der Waals surface area (Å²) in [6.07, 6.45) is 5.23. The van der Waals surface area contributed by atoms with Crippen molar-refractivity contribution in [3.8, 4) is 0 Å². The van der Waals surface area contributed by atoms with Crippen molar-refractivity contribution < 1.29 is 4.74 Å². The van der Waals surface area contributed by atoms with Gasteiger partial charge in [0.05, 0.1) is 11.9 Å². The highest BCUT2D eigenvalue weighted by atomic mass is 35.5. The number of methoxy groups -OCH3 is 1. The topological polar surface area (TPSA) is 42.6 Å². The Hall–Kier alpha value is -1.38. The molecule has 1 saturated heterocycles. The smallest absolute Gasteiger partial charge is 0.227 e. The second kappa shape index (κ2) is 7.41. The molecular formula is C14H19ClN4O. The van der Waals surface area contributed by atoms with Gasteiger partial charge in [-0.3, -0.25) is 0 Å². The first-order valence-electron chi connectivity index (χ1n) is 6.86. The van der Waals surface area contributed by atoms with Crippen LogP contribution in [-0.4, -0.2) is 42.8 Å². The summed E-state index contributed by atoms with van der Waals surface area (Å²) < 4.78 is 5.05. The second-order valence-electron chi connectivity index (χ2n) is 4.92. The van der Waals surface area contributed by atoms with Crippen molar-refractivity contribution in [3.63, 3.8) is 0 Å². The van der Waals surface area contributed by atoms with E-state index in [1.807, 2.05) is 0 Å². The van der Waals surface area contributed by atoms with Crippen molar-refractivity contribution >= 4 is 17.4 Å². The Morgan fingerprint density at radius 1 is 1.50 bits per heavy atom. The van der Waals surface area contributed by atoms with Gasteiger partial charge in [0.15, 0.2) is 11.0 Å². The second-order valence-corrected chi connectivity index (χ2v) is 5.28. The number of hydrogen-bond donors (Lipinski definition) is 0. The minimum absolute atomic E-state index is 0.142. The molecule has 1 aliphatic heterocycles. The van der Waals surface area contributed by atoms with E-state index in [4.69, 9.17) is 22.9 Å². The van der Waals surface area contributed by atoms with Gasteiger partial charge in [0.1, 0.15) is 0 Å². The van der Waals surface area contributed by atoms with Gasteiger partial charge in [-0.2, -0.15) is 0 Å². The Kier molecular flexibility index (Phi) is 5.57. The summed E-state index contributed by atoms with van der Waals surface area (Å²) in [6, 6.07) is 0.142. The summed E-state index contributed by atoms with van der Waals surface area (Å²) in [5, 5.41) is 0.446. The average molecular weight is 295 g/mol. The van der Waals surface area contributed by atoms with Gasteiger partial charge in [0.25, 0.3) is 0 Å². The molecule has 0 aliphatic carbocycles. The summed E-state index contributed by atoms with van der Waals surface area (Å²) in [4.78, 5) is 14.6. The predicted octanol–water partition coefficient (Wildman–Crippen LogP) is 2.60. The molecule has 0 spiro atoms. The van der Waals surface area contributed by atoms with Gasteiger partial charge >= 0.3 is 0 Å². The lowest BCUT2D eigenvalue weighted by molar-refractivity contribution is 0.195. The number of halogens is 1. The molecule has 0 saturated carbocycles. The van der Waals surface area contributed by atoms with Crippen LogP contribution in [0.25, 0.3) is 4.85 Å². The van der Waals surface area contributed by atoms with Crippen LogP contribution in [-0.2, 0) is 11.2 Å². The number of aromatic nitrogens is 2. The Morgan fingerprint density at radius 2 is 2.25 bits per heavy atom. The van der Waals surface area contributed by atoms with E-state index in [0.717, 1.165) is 56.9 Å². The minimum Gasteiger partial charge on any atom is -0.385 e. The van der Waals surface area contributed by atoms with Crippen LogP contribution in [0.4, 0.5) is 5.82 Å². The maximum atomic E-state index is 7.08. The number of ether oxygens (including phenoxy) is 1. The van der Waals surface area contributed by atoms with Gasteiger partial charge < -0.3 is 14.5 Å². The third kappa shape index (κ3) is 3.81. The van der Waals surface area contributed by atoms with Crippen molar-refractivity contribution in [1.82, 2.24) is 9.97 Å². The van der Waals surface area contributed by atoms with E-state index in [0.29, 0.717) is 5.15 Å². The largest absolute Gasteiger partial charge is 0.385 e. The van der Waals surface area contributed by atoms with Crippen LogP contribution in [0.3, 0.4) is 0 Å². The maximum Gasteiger partial charge on any atom is 0.227 e. The van der Waals surface area contributed by atoms with Crippen molar-refractivity contribution in [1.29, 1.82) is 0 Å². The van der Waals surface area contributed by atoms with E-state index in [1.54, 1.807) is 13.3 Å². The number of anilines is 1. The zero-order chi connectivity index (χ0) is 14.4. The fraction of sp³-hybridized carbons (Fsp3) is 0.643. The van der Waals surface area contributed by atoms with Crippen molar-refractivity contribution in [2.24, 2.45) is 0 Å². The van der Waals surface area contributed by atoms with Crippen LogP contribution in [0.2, 0.25) is 5.15 Å². The van der Waals surface area contributed by atoms with Crippen molar-refractivity contribution in [2.45, 2.75) is 31.7 Å². The van der Waals surface area contributed by atoms with Gasteiger partial charge in [-0.25, -0.2) is 16.5 Å². The van der Waals surface area contributed by atoms with Crippen LogP contribution < -0.4 is 4.90 Å². The van der Waals surface area contributed by atoms with Gasteiger partial charge in [-0.05, 0) is 12.8 Å². The minimum atomic E-state index is 0.142. The number of piperidine rings is 1. The van der Waals surface area contributed by atoms with Crippen molar-refractivity contribution in [3.05, 3.63) is 28.5 Å². The first-order chi connectivity index (χ1) is 9.74. The lowest BCUT2D eigenvalue weighted by Gasteiger charge is -2.28. The monoisotopic (exact) mass is 294 g/mol. The molecule has 0 aromatic carbocycles. The molecule has 0 atom stereocenters. The Balaban J connectivity index is 2.03. The van der Waals surface area contributed by atoms with Gasteiger partial charge in [0.2, 0.25) is 6.04 Å². The van der Waals surface area contributed by atoms with Crippen molar-refractivity contribution in [2.75, 3.05) is 31.7 Å². The molecule has 20 heavy (non-hydrogen) atoms. The normalized spacial score (nSPS) is 16.1. The molecule has 2 rings (SSSR count). The molecule has 0 bridgehead atoms. The maximum absolute atomic E-state index is 7.08. The molecule has 2 heterocycles. The molecule has 0 unspecified atom stereocenters. The zero-order valence-corrected chi connectivity index (χ0v) is 12.4. The van der Waals surface area contributed by atoms with Gasteiger partial charge in [0, 0.05) is 39.6 Å². The number of rotatable bonds is 5. The zero-order valence-electron chi connectivity index (χ0n) is 11.7. The SMILES string of the molecule is [C-]#[N+]C1CCN(c2nc(CCCOC)cnc2Cl)CC1. The Bertz CT molecular complexity index is 481. The number of nitrogens with zero attached hydrogens (tertiary/aromatic N) is 4. The molecule has 0 N–H and O–H groups in total. The quantitative estimate of drug-likeness (QED) is 0.618. The Labute approximate surface area is 124 Å². The average Bonchev–Trinajstić information content (AvgIpc) is 2.49. The third-order valence-electron chi connectivity index (χ3n) is 3.49. The Morgan fingerprint density at radius 3 is 2.90 bits per heavy atom. The molecule has 0 radical (unpaired) electrons. The van der Waals surface area contributed by atoms with E-state index in [1.165, 1.54) is 0 Å². The van der Waals surface area contributed by atoms with Gasteiger partial charge in [-0.15, -0.1) is 0 Å². The predicted molar refractivity (Wildman–Crippen MR) is 79.1 cm³/mol. The van der Waals surface area contributed by atoms with E-state index in [9.17, 15) is 0 Å². The highest BCUT2D eigenvalue weighted by molar-refractivity contribution is 6.31. The first kappa shape index (κ1) is 15.0. The molecule has 108 valence electrons. The molecular weight excluding hydrogens is 276 g/mol. The van der Waals surface area contributed by atoms with Crippen LogP contribution >= 0.6 is 11.6 Å². The highest BCUT2D eigenvalue weighted by Gasteiger charge is 2.25. The molecule has 1 aromatic rings. The lowest BCUT2D eigenvalue weighted by atomic mass is 10.1.